The molecule has 1 amide bonds. The highest BCUT2D eigenvalue weighted by Crippen LogP contribution is 2.26. The number of hydrogen-bond acceptors (Lipinski definition) is 5. The molecule has 0 fully saturated rings. The van der Waals surface area contributed by atoms with Crippen molar-refractivity contribution in [2.45, 2.75) is 26.1 Å². The molecule has 0 radical (unpaired) electrons. The number of amides is 1. The highest BCUT2D eigenvalue weighted by molar-refractivity contribution is 7.07. The molecule has 1 aliphatic rings. The average Bonchev–Trinajstić information content (AvgIpc) is 3.21. The van der Waals surface area contributed by atoms with Crippen LogP contribution in [-0.4, -0.2) is 47.5 Å². The van der Waals surface area contributed by atoms with E-state index in [1.807, 2.05) is 21.7 Å². The van der Waals surface area contributed by atoms with Crippen molar-refractivity contribution in [2.24, 2.45) is 0 Å². The maximum absolute atomic E-state index is 14.3. The SMILES string of the molecule is COc1cc(=O)n2c(c1C(=O)N(C)Cc1ccsc1)CCN(Cc1c(F)cccc1Cl)CC2. The third kappa shape index (κ3) is 4.98. The number of ether oxygens (including phenoxy) is 1. The van der Waals surface area contributed by atoms with Gasteiger partial charge in [0, 0.05) is 68.5 Å². The van der Waals surface area contributed by atoms with E-state index in [1.54, 1.807) is 40.0 Å². The Morgan fingerprint density at radius 2 is 2.09 bits per heavy atom. The van der Waals surface area contributed by atoms with Gasteiger partial charge in [-0.1, -0.05) is 17.7 Å². The van der Waals surface area contributed by atoms with Crippen LogP contribution in [0, 0.1) is 5.82 Å². The number of benzene rings is 1. The third-order valence-corrected chi connectivity index (χ3v) is 7.00. The molecule has 3 aromatic rings. The van der Waals surface area contributed by atoms with Gasteiger partial charge in [0.25, 0.3) is 11.5 Å². The van der Waals surface area contributed by atoms with Crippen LogP contribution in [0.2, 0.25) is 5.02 Å². The van der Waals surface area contributed by atoms with Crippen LogP contribution in [0.15, 0.2) is 45.9 Å². The number of halogens is 2. The van der Waals surface area contributed by atoms with Crippen molar-refractivity contribution in [1.82, 2.24) is 14.4 Å². The summed E-state index contributed by atoms with van der Waals surface area (Å²) >= 11 is 7.79. The van der Waals surface area contributed by atoms with Gasteiger partial charge in [-0.3, -0.25) is 14.5 Å². The lowest BCUT2D eigenvalue weighted by atomic mass is 10.1. The van der Waals surface area contributed by atoms with Crippen LogP contribution in [0.3, 0.4) is 0 Å². The van der Waals surface area contributed by atoms with Crippen molar-refractivity contribution in [3.63, 3.8) is 0 Å². The number of rotatable bonds is 6. The Labute approximate surface area is 200 Å². The summed E-state index contributed by atoms with van der Waals surface area (Å²) in [4.78, 5) is 30.0. The molecule has 0 saturated carbocycles. The summed E-state index contributed by atoms with van der Waals surface area (Å²) in [7, 11) is 3.20. The van der Waals surface area contributed by atoms with E-state index in [4.69, 9.17) is 16.3 Å². The van der Waals surface area contributed by atoms with Crippen LogP contribution < -0.4 is 10.3 Å². The van der Waals surface area contributed by atoms with E-state index in [2.05, 4.69) is 0 Å². The minimum Gasteiger partial charge on any atom is -0.496 e. The molecule has 9 heteroatoms. The number of fused-ring (bicyclic) bond motifs is 1. The van der Waals surface area contributed by atoms with Crippen molar-refractivity contribution in [3.05, 3.63) is 84.7 Å². The van der Waals surface area contributed by atoms with E-state index in [-0.39, 0.29) is 23.0 Å². The van der Waals surface area contributed by atoms with E-state index >= 15 is 0 Å². The first-order valence-electron chi connectivity index (χ1n) is 10.6. The Kier molecular flexibility index (Phi) is 7.17. The fraction of sp³-hybridized carbons (Fsp3) is 0.333. The normalized spacial score (nSPS) is 13.9. The number of nitrogens with zero attached hydrogens (tertiary/aromatic N) is 3. The molecule has 4 rings (SSSR count). The molecule has 1 aromatic carbocycles. The molecule has 2 aromatic heterocycles. The van der Waals surface area contributed by atoms with Gasteiger partial charge in [0.1, 0.15) is 17.1 Å². The fourth-order valence-corrected chi connectivity index (χ4v) is 5.05. The largest absolute Gasteiger partial charge is 0.496 e. The van der Waals surface area contributed by atoms with Gasteiger partial charge in [-0.25, -0.2) is 4.39 Å². The van der Waals surface area contributed by atoms with Gasteiger partial charge in [0.2, 0.25) is 0 Å². The van der Waals surface area contributed by atoms with Gasteiger partial charge in [-0.05, 0) is 34.5 Å². The Bertz CT molecular complexity index is 1190. The van der Waals surface area contributed by atoms with Crippen LogP contribution >= 0.6 is 22.9 Å². The molecule has 0 aliphatic carbocycles. The van der Waals surface area contributed by atoms with Crippen LogP contribution in [0.1, 0.15) is 27.2 Å². The van der Waals surface area contributed by atoms with Gasteiger partial charge >= 0.3 is 0 Å². The molecule has 0 atom stereocenters. The lowest BCUT2D eigenvalue weighted by molar-refractivity contribution is 0.0779. The van der Waals surface area contributed by atoms with Crippen molar-refractivity contribution in [1.29, 1.82) is 0 Å². The topological polar surface area (TPSA) is 54.8 Å². The monoisotopic (exact) mass is 489 g/mol. The number of hydrogen-bond donors (Lipinski definition) is 0. The molecule has 3 heterocycles. The van der Waals surface area contributed by atoms with Gasteiger partial charge in [-0.15, -0.1) is 0 Å². The summed E-state index contributed by atoms with van der Waals surface area (Å²) in [5, 5.41) is 4.35. The zero-order valence-corrected chi connectivity index (χ0v) is 20.1. The Balaban J connectivity index is 1.63. The van der Waals surface area contributed by atoms with E-state index in [9.17, 15) is 14.0 Å². The van der Waals surface area contributed by atoms with Gasteiger partial charge in [0.15, 0.2) is 0 Å². The molecular weight excluding hydrogens is 465 g/mol. The first-order valence-corrected chi connectivity index (χ1v) is 11.9. The predicted octanol–water partition coefficient (Wildman–Crippen LogP) is 4.04. The summed E-state index contributed by atoms with van der Waals surface area (Å²) in [5.41, 5.74) is 2.30. The van der Waals surface area contributed by atoms with Gasteiger partial charge in [-0.2, -0.15) is 11.3 Å². The molecule has 0 N–H and O–H groups in total. The van der Waals surface area contributed by atoms with Crippen molar-refractivity contribution < 1.29 is 13.9 Å². The third-order valence-electron chi connectivity index (χ3n) is 5.91. The molecule has 33 heavy (non-hydrogen) atoms. The maximum Gasteiger partial charge on any atom is 0.259 e. The molecule has 6 nitrogen and oxygen atoms in total. The summed E-state index contributed by atoms with van der Waals surface area (Å²) in [6.07, 6.45) is 0.450. The minimum absolute atomic E-state index is 0.201. The number of pyridine rings is 1. The van der Waals surface area contributed by atoms with Gasteiger partial charge in [0.05, 0.1) is 7.11 Å². The van der Waals surface area contributed by atoms with Crippen molar-refractivity contribution in [3.8, 4) is 5.75 Å². The highest BCUT2D eigenvalue weighted by Gasteiger charge is 2.27. The smallest absolute Gasteiger partial charge is 0.259 e. The fourth-order valence-electron chi connectivity index (χ4n) is 4.17. The number of thiophene rings is 1. The standard InChI is InChI=1S/C24H25ClFN3O3S/c1-27(13-16-7-11-33-15-16)24(31)23-20-6-8-28(14-17-18(25)4-3-5-19(17)26)9-10-29(20)22(30)12-21(23)32-2/h3-5,7,11-12,15H,6,8-10,13-14H2,1-2H3. The molecule has 1 aliphatic heterocycles. The Morgan fingerprint density at radius 3 is 2.79 bits per heavy atom. The predicted molar refractivity (Wildman–Crippen MR) is 128 cm³/mol. The quantitative estimate of drug-likeness (QED) is 0.524. The number of aromatic nitrogens is 1. The van der Waals surface area contributed by atoms with Crippen LogP contribution in [0.4, 0.5) is 4.39 Å². The Hall–Kier alpha value is -2.68. The minimum atomic E-state index is -0.353. The maximum atomic E-state index is 14.3. The second kappa shape index (κ2) is 10.1. The molecular formula is C24H25ClFN3O3S. The first-order chi connectivity index (χ1) is 15.9. The van der Waals surface area contributed by atoms with E-state index in [1.165, 1.54) is 19.2 Å². The lowest BCUT2D eigenvalue weighted by Crippen LogP contribution is -2.32. The van der Waals surface area contributed by atoms with E-state index in [0.717, 1.165) is 5.56 Å². The summed E-state index contributed by atoms with van der Waals surface area (Å²) in [6, 6.07) is 7.99. The molecule has 174 valence electrons. The zero-order chi connectivity index (χ0) is 23.5. The summed E-state index contributed by atoms with van der Waals surface area (Å²) in [5.74, 6) is -0.277. The van der Waals surface area contributed by atoms with Crippen LogP contribution in [0.25, 0.3) is 0 Å². The van der Waals surface area contributed by atoms with E-state index in [0.29, 0.717) is 61.0 Å². The molecule has 0 bridgehead atoms. The number of methoxy groups -OCH3 is 1. The highest BCUT2D eigenvalue weighted by atomic mass is 35.5. The zero-order valence-electron chi connectivity index (χ0n) is 18.5. The van der Waals surface area contributed by atoms with Crippen molar-refractivity contribution >= 4 is 28.8 Å². The van der Waals surface area contributed by atoms with Crippen molar-refractivity contribution in [2.75, 3.05) is 27.2 Å². The van der Waals surface area contributed by atoms with E-state index < -0.39 is 0 Å². The number of carbonyl (C=O) groups is 1. The molecule has 0 spiro atoms. The van der Waals surface area contributed by atoms with Crippen LogP contribution in [-0.2, 0) is 26.1 Å². The molecule has 0 unspecified atom stereocenters. The second-order valence-corrected chi connectivity index (χ2v) is 9.23. The van der Waals surface area contributed by atoms with Crippen LogP contribution in [0.5, 0.6) is 5.75 Å². The second-order valence-electron chi connectivity index (χ2n) is 8.04. The Morgan fingerprint density at radius 1 is 1.27 bits per heavy atom. The summed E-state index contributed by atoms with van der Waals surface area (Å²) in [6.45, 7) is 2.25. The molecule has 0 saturated heterocycles. The lowest BCUT2D eigenvalue weighted by Gasteiger charge is -2.22. The first kappa shape index (κ1) is 23.5. The average molecular weight is 490 g/mol. The number of carbonyl (C=O) groups excluding carboxylic acids is 1. The van der Waals surface area contributed by atoms with Gasteiger partial charge < -0.3 is 14.2 Å². The summed E-state index contributed by atoms with van der Waals surface area (Å²) < 4.78 is 21.4.